The average Bonchev–Trinajstić information content (AvgIpc) is 3.10. The van der Waals surface area contributed by atoms with E-state index in [1.807, 2.05) is 6.07 Å². The summed E-state index contributed by atoms with van der Waals surface area (Å²) < 4.78 is 15.4. The first-order valence-corrected chi connectivity index (χ1v) is 8.11. The van der Waals surface area contributed by atoms with Gasteiger partial charge in [-0.3, -0.25) is 4.79 Å². The van der Waals surface area contributed by atoms with Crippen molar-refractivity contribution in [1.29, 1.82) is 0 Å². The summed E-state index contributed by atoms with van der Waals surface area (Å²) in [4.78, 5) is 20.6. The molecule has 0 spiro atoms. The van der Waals surface area contributed by atoms with Gasteiger partial charge in [-0.1, -0.05) is 11.2 Å². The molecule has 0 aliphatic heterocycles. The second-order valence-corrected chi connectivity index (χ2v) is 5.59. The van der Waals surface area contributed by atoms with Crippen molar-refractivity contribution in [2.24, 2.45) is 0 Å². The van der Waals surface area contributed by atoms with Gasteiger partial charge in [0.05, 0.1) is 14.2 Å². The second kappa shape index (κ2) is 8.17. The minimum Gasteiger partial charge on any atom is -0.493 e. The quantitative estimate of drug-likeness (QED) is 0.653. The smallest absolute Gasteiger partial charge is 0.270 e. The Kier molecular flexibility index (Phi) is 5.50. The first-order valence-electron chi connectivity index (χ1n) is 8.11. The van der Waals surface area contributed by atoms with Crippen LogP contribution in [-0.2, 0) is 6.54 Å². The normalized spacial score (nSPS) is 10.3. The van der Waals surface area contributed by atoms with Crippen LogP contribution in [0.5, 0.6) is 11.5 Å². The van der Waals surface area contributed by atoms with Crippen molar-refractivity contribution in [3.63, 3.8) is 0 Å². The summed E-state index contributed by atoms with van der Waals surface area (Å²) >= 11 is 0. The Labute approximate surface area is 155 Å². The Bertz CT molecular complexity index is 941. The maximum Gasteiger partial charge on any atom is 0.270 e. The molecule has 0 saturated carbocycles. The Morgan fingerprint density at radius 2 is 1.96 bits per heavy atom. The first-order chi connectivity index (χ1) is 13.1. The molecule has 0 saturated heterocycles. The van der Waals surface area contributed by atoms with Gasteiger partial charge in [0.25, 0.3) is 5.91 Å². The predicted molar refractivity (Wildman–Crippen MR) is 97.3 cm³/mol. The largest absolute Gasteiger partial charge is 0.493 e. The van der Waals surface area contributed by atoms with Gasteiger partial charge in [0.1, 0.15) is 11.5 Å². The molecule has 0 radical (unpaired) electrons. The Morgan fingerprint density at radius 1 is 1.15 bits per heavy atom. The van der Waals surface area contributed by atoms with Crippen LogP contribution in [0, 0.1) is 6.92 Å². The van der Waals surface area contributed by atoms with E-state index in [1.54, 1.807) is 39.3 Å². The van der Waals surface area contributed by atoms with E-state index in [0.29, 0.717) is 29.6 Å². The minimum atomic E-state index is -0.327. The van der Waals surface area contributed by atoms with Crippen LogP contribution >= 0.6 is 0 Å². The number of amides is 1. The number of aromatic nitrogens is 3. The SMILES string of the molecule is COc1ccc(CNC(=O)c2ccnc(Nc3cc(C)on3)n2)cc1OC. The lowest BCUT2D eigenvalue weighted by molar-refractivity contribution is 0.0946. The highest BCUT2D eigenvalue weighted by Gasteiger charge is 2.11. The van der Waals surface area contributed by atoms with Gasteiger partial charge in [-0.15, -0.1) is 0 Å². The molecule has 2 aromatic heterocycles. The number of hydrogen-bond donors (Lipinski definition) is 2. The van der Waals surface area contributed by atoms with Gasteiger partial charge in [-0.2, -0.15) is 0 Å². The van der Waals surface area contributed by atoms with Crippen LogP contribution in [0.15, 0.2) is 41.1 Å². The molecule has 3 aromatic rings. The number of rotatable bonds is 7. The fraction of sp³-hybridized carbons (Fsp3) is 0.222. The number of carbonyl (C=O) groups is 1. The summed E-state index contributed by atoms with van der Waals surface area (Å²) in [5.74, 6) is 2.27. The van der Waals surface area contributed by atoms with Crippen molar-refractivity contribution in [3.8, 4) is 11.5 Å². The molecule has 0 unspecified atom stereocenters. The van der Waals surface area contributed by atoms with Crippen LogP contribution in [0.4, 0.5) is 11.8 Å². The van der Waals surface area contributed by atoms with Crippen LogP contribution in [0.1, 0.15) is 21.8 Å². The zero-order valence-corrected chi connectivity index (χ0v) is 15.1. The summed E-state index contributed by atoms with van der Waals surface area (Å²) in [5, 5.41) is 9.50. The molecule has 1 aromatic carbocycles. The van der Waals surface area contributed by atoms with E-state index in [0.717, 1.165) is 5.56 Å². The monoisotopic (exact) mass is 369 g/mol. The van der Waals surface area contributed by atoms with Crippen molar-refractivity contribution in [2.75, 3.05) is 19.5 Å². The van der Waals surface area contributed by atoms with E-state index in [2.05, 4.69) is 25.8 Å². The van der Waals surface area contributed by atoms with E-state index in [-0.39, 0.29) is 17.5 Å². The lowest BCUT2D eigenvalue weighted by Crippen LogP contribution is -2.24. The number of aryl methyl sites for hydroxylation is 1. The molecule has 2 heterocycles. The standard InChI is InChI=1S/C18H19N5O4/c1-11-8-16(23-27-11)22-18-19-7-6-13(21-18)17(24)20-10-12-4-5-14(25-2)15(9-12)26-3/h4-9H,10H2,1-3H3,(H,20,24)(H,19,21,22,23). The Hall–Kier alpha value is -3.62. The molecule has 9 heteroatoms. The third-order valence-electron chi connectivity index (χ3n) is 3.66. The highest BCUT2D eigenvalue weighted by Crippen LogP contribution is 2.27. The van der Waals surface area contributed by atoms with E-state index >= 15 is 0 Å². The lowest BCUT2D eigenvalue weighted by Gasteiger charge is -2.10. The third-order valence-corrected chi connectivity index (χ3v) is 3.66. The lowest BCUT2D eigenvalue weighted by atomic mass is 10.2. The minimum absolute atomic E-state index is 0.230. The molecule has 0 aliphatic carbocycles. The third kappa shape index (κ3) is 4.51. The van der Waals surface area contributed by atoms with Crippen molar-refractivity contribution in [2.45, 2.75) is 13.5 Å². The summed E-state index contributed by atoms with van der Waals surface area (Å²) in [7, 11) is 3.13. The van der Waals surface area contributed by atoms with Crippen molar-refractivity contribution < 1.29 is 18.8 Å². The molecular weight excluding hydrogens is 350 g/mol. The van der Waals surface area contributed by atoms with Crippen LogP contribution in [0.3, 0.4) is 0 Å². The number of nitrogens with one attached hydrogen (secondary N) is 2. The summed E-state index contributed by atoms with van der Waals surface area (Å²) in [6, 6.07) is 8.67. The zero-order valence-electron chi connectivity index (χ0n) is 15.1. The Balaban J connectivity index is 1.65. The van der Waals surface area contributed by atoms with E-state index < -0.39 is 0 Å². The molecule has 0 aliphatic rings. The fourth-order valence-corrected chi connectivity index (χ4v) is 2.35. The number of carbonyl (C=O) groups excluding carboxylic acids is 1. The van der Waals surface area contributed by atoms with Gasteiger partial charge in [0.15, 0.2) is 17.3 Å². The number of hydrogen-bond acceptors (Lipinski definition) is 8. The molecule has 0 atom stereocenters. The van der Waals surface area contributed by atoms with Crippen molar-refractivity contribution >= 4 is 17.7 Å². The molecule has 27 heavy (non-hydrogen) atoms. The van der Waals surface area contributed by atoms with Gasteiger partial charge in [0, 0.05) is 18.8 Å². The van der Waals surface area contributed by atoms with E-state index in [4.69, 9.17) is 14.0 Å². The number of nitrogens with zero attached hydrogens (tertiary/aromatic N) is 3. The maximum atomic E-state index is 12.4. The number of anilines is 2. The molecule has 0 bridgehead atoms. The van der Waals surface area contributed by atoms with Gasteiger partial charge in [0.2, 0.25) is 5.95 Å². The number of methoxy groups -OCH3 is 2. The predicted octanol–water partition coefficient (Wildman–Crippen LogP) is 2.46. The number of benzene rings is 1. The molecule has 9 nitrogen and oxygen atoms in total. The highest BCUT2D eigenvalue weighted by molar-refractivity contribution is 5.92. The van der Waals surface area contributed by atoms with Crippen LogP contribution in [0.25, 0.3) is 0 Å². The first kappa shape index (κ1) is 18.2. The van der Waals surface area contributed by atoms with Crippen LogP contribution < -0.4 is 20.1 Å². The topological polar surface area (TPSA) is 111 Å². The molecule has 1 amide bonds. The van der Waals surface area contributed by atoms with Crippen molar-refractivity contribution in [1.82, 2.24) is 20.4 Å². The fourth-order valence-electron chi connectivity index (χ4n) is 2.35. The van der Waals surface area contributed by atoms with Gasteiger partial charge in [-0.25, -0.2) is 9.97 Å². The molecule has 0 fully saturated rings. The average molecular weight is 369 g/mol. The Morgan fingerprint density at radius 3 is 2.67 bits per heavy atom. The molecule has 3 rings (SSSR count). The van der Waals surface area contributed by atoms with Crippen LogP contribution in [-0.4, -0.2) is 35.3 Å². The zero-order chi connectivity index (χ0) is 19.2. The number of ether oxygens (including phenoxy) is 2. The van der Waals surface area contributed by atoms with Crippen molar-refractivity contribution in [3.05, 3.63) is 53.5 Å². The van der Waals surface area contributed by atoms with E-state index in [1.165, 1.54) is 12.3 Å². The van der Waals surface area contributed by atoms with E-state index in [9.17, 15) is 4.79 Å². The van der Waals surface area contributed by atoms with Gasteiger partial charge < -0.3 is 24.6 Å². The summed E-state index contributed by atoms with van der Waals surface area (Å²) in [6.45, 7) is 2.09. The highest BCUT2D eigenvalue weighted by atomic mass is 16.5. The van der Waals surface area contributed by atoms with Crippen LogP contribution in [0.2, 0.25) is 0 Å². The molecular formula is C18H19N5O4. The molecule has 2 N–H and O–H groups in total. The maximum absolute atomic E-state index is 12.4. The summed E-state index contributed by atoms with van der Waals surface area (Å²) in [5.41, 5.74) is 1.10. The second-order valence-electron chi connectivity index (χ2n) is 5.59. The van der Waals surface area contributed by atoms with Gasteiger partial charge in [-0.05, 0) is 30.7 Å². The van der Waals surface area contributed by atoms with Gasteiger partial charge >= 0.3 is 0 Å². The molecule has 140 valence electrons. The summed E-state index contributed by atoms with van der Waals surface area (Å²) in [6.07, 6.45) is 1.49.